The number of aliphatic hydroxyl groups is 1. The zero-order chi connectivity index (χ0) is 15.4. The topological polar surface area (TPSA) is 90.3 Å². The van der Waals surface area contributed by atoms with E-state index in [9.17, 15) is 9.59 Å². The molecule has 0 aliphatic carbocycles. The summed E-state index contributed by atoms with van der Waals surface area (Å²) in [5.41, 5.74) is 0. The molecule has 2 aliphatic heterocycles. The predicted molar refractivity (Wildman–Crippen MR) is 74.8 cm³/mol. The predicted octanol–water partition coefficient (Wildman–Crippen LogP) is -0.609. The first-order chi connectivity index (χ1) is 10.0. The van der Waals surface area contributed by atoms with Crippen molar-refractivity contribution >= 4 is 11.9 Å². The first-order valence-electron chi connectivity index (χ1n) is 7.48. The molecule has 0 aromatic heterocycles. The number of piperidine rings is 1. The van der Waals surface area contributed by atoms with Crippen molar-refractivity contribution in [2.24, 2.45) is 5.92 Å². The second-order valence-electron chi connectivity index (χ2n) is 5.91. The van der Waals surface area contributed by atoms with Gasteiger partial charge in [-0.1, -0.05) is 0 Å². The number of ether oxygens (including phenoxy) is 1. The van der Waals surface area contributed by atoms with Crippen molar-refractivity contribution in [2.75, 3.05) is 39.4 Å². The molecule has 7 heteroatoms. The summed E-state index contributed by atoms with van der Waals surface area (Å²) in [7, 11) is 0. The standard InChI is InChI=1S/C14H24N2O5/c1-10-9-21-12(8-17)6-16(10)7-13(18)15-4-2-11(3-5-15)14(19)20/h10-12,17H,2-9H2,1H3,(H,19,20). The summed E-state index contributed by atoms with van der Waals surface area (Å²) >= 11 is 0. The Morgan fingerprint density at radius 1 is 1.29 bits per heavy atom. The van der Waals surface area contributed by atoms with Crippen LogP contribution in [0.15, 0.2) is 0 Å². The van der Waals surface area contributed by atoms with Crippen LogP contribution in [-0.2, 0) is 14.3 Å². The molecule has 2 rings (SSSR count). The van der Waals surface area contributed by atoms with Crippen molar-refractivity contribution in [3.8, 4) is 0 Å². The van der Waals surface area contributed by atoms with Crippen LogP contribution in [0.1, 0.15) is 19.8 Å². The Morgan fingerprint density at radius 2 is 1.95 bits per heavy atom. The van der Waals surface area contributed by atoms with Gasteiger partial charge in [-0.15, -0.1) is 0 Å². The Hall–Kier alpha value is -1.18. The molecule has 2 saturated heterocycles. The number of carbonyl (C=O) groups is 2. The first kappa shape index (κ1) is 16.2. The molecule has 2 N–H and O–H groups in total. The summed E-state index contributed by atoms with van der Waals surface area (Å²) in [4.78, 5) is 27.0. The Labute approximate surface area is 124 Å². The third kappa shape index (κ3) is 4.15. The summed E-state index contributed by atoms with van der Waals surface area (Å²) in [6.45, 7) is 4.35. The lowest BCUT2D eigenvalue weighted by Gasteiger charge is -2.38. The van der Waals surface area contributed by atoms with Crippen molar-refractivity contribution < 1.29 is 24.5 Å². The molecule has 21 heavy (non-hydrogen) atoms. The third-order valence-corrected chi connectivity index (χ3v) is 4.37. The fourth-order valence-corrected chi connectivity index (χ4v) is 2.86. The highest BCUT2D eigenvalue weighted by Gasteiger charge is 2.31. The van der Waals surface area contributed by atoms with Gasteiger partial charge in [-0.25, -0.2) is 0 Å². The minimum Gasteiger partial charge on any atom is -0.481 e. The highest BCUT2D eigenvalue weighted by molar-refractivity contribution is 5.79. The largest absolute Gasteiger partial charge is 0.481 e. The number of nitrogens with zero attached hydrogens (tertiary/aromatic N) is 2. The molecule has 0 radical (unpaired) electrons. The summed E-state index contributed by atoms with van der Waals surface area (Å²) in [6, 6.07) is 0.147. The quantitative estimate of drug-likeness (QED) is 0.720. The second kappa shape index (κ2) is 7.20. The summed E-state index contributed by atoms with van der Waals surface area (Å²) < 4.78 is 5.46. The SMILES string of the molecule is CC1COC(CO)CN1CC(=O)N1CCC(C(=O)O)CC1. The van der Waals surface area contributed by atoms with Gasteiger partial charge in [-0.05, 0) is 19.8 Å². The van der Waals surface area contributed by atoms with Gasteiger partial charge in [0.25, 0.3) is 0 Å². The Bertz CT molecular complexity index is 382. The maximum Gasteiger partial charge on any atom is 0.306 e. The van der Waals surface area contributed by atoms with E-state index in [-0.39, 0.29) is 30.6 Å². The molecular formula is C14H24N2O5. The molecule has 7 nitrogen and oxygen atoms in total. The van der Waals surface area contributed by atoms with Gasteiger partial charge in [0.2, 0.25) is 5.91 Å². The molecule has 1 amide bonds. The van der Waals surface area contributed by atoms with E-state index >= 15 is 0 Å². The van der Waals surface area contributed by atoms with Gasteiger partial charge in [-0.3, -0.25) is 14.5 Å². The van der Waals surface area contributed by atoms with E-state index in [4.69, 9.17) is 14.9 Å². The van der Waals surface area contributed by atoms with Crippen LogP contribution in [0.5, 0.6) is 0 Å². The lowest BCUT2D eigenvalue weighted by molar-refractivity contribution is -0.147. The normalized spacial score (nSPS) is 28.6. The van der Waals surface area contributed by atoms with Crippen molar-refractivity contribution in [2.45, 2.75) is 31.9 Å². The molecule has 0 bridgehead atoms. The molecule has 0 aromatic carbocycles. The molecule has 0 aromatic rings. The van der Waals surface area contributed by atoms with E-state index < -0.39 is 5.97 Å². The lowest BCUT2D eigenvalue weighted by Crippen LogP contribution is -2.53. The molecule has 2 fully saturated rings. The maximum absolute atomic E-state index is 12.3. The number of hydrogen-bond acceptors (Lipinski definition) is 5. The number of carbonyl (C=O) groups excluding carboxylic acids is 1. The number of aliphatic carboxylic acids is 1. The minimum absolute atomic E-state index is 0.0317. The Balaban J connectivity index is 1.82. The van der Waals surface area contributed by atoms with E-state index in [2.05, 4.69) is 0 Å². The van der Waals surface area contributed by atoms with Gasteiger partial charge in [0.05, 0.1) is 31.8 Å². The fraction of sp³-hybridized carbons (Fsp3) is 0.857. The van der Waals surface area contributed by atoms with Gasteiger partial charge < -0.3 is 19.8 Å². The molecule has 2 atom stereocenters. The number of aliphatic hydroxyl groups excluding tert-OH is 1. The molecular weight excluding hydrogens is 276 g/mol. The third-order valence-electron chi connectivity index (χ3n) is 4.37. The highest BCUT2D eigenvalue weighted by atomic mass is 16.5. The number of hydrogen-bond donors (Lipinski definition) is 2. The van der Waals surface area contributed by atoms with E-state index in [1.807, 2.05) is 11.8 Å². The number of carboxylic acids is 1. The fourth-order valence-electron chi connectivity index (χ4n) is 2.86. The Morgan fingerprint density at radius 3 is 2.52 bits per heavy atom. The van der Waals surface area contributed by atoms with Crippen LogP contribution in [0.3, 0.4) is 0 Å². The van der Waals surface area contributed by atoms with Crippen LogP contribution in [0, 0.1) is 5.92 Å². The number of likely N-dealkylation sites (tertiary alicyclic amines) is 1. The number of morpholine rings is 1. The average Bonchev–Trinajstić information content (AvgIpc) is 2.49. The van der Waals surface area contributed by atoms with Crippen molar-refractivity contribution in [3.05, 3.63) is 0 Å². The molecule has 0 saturated carbocycles. The van der Waals surface area contributed by atoms with Crippen LogP contribution < -0.4 is 0 Å². The van der Waals surface area contributed by atoms with E-state index in [1.54, 1.807) is 4.90 Å². The maximum atomic E-state index is 12.3. The monoisotopic (exact) mass is 300 g/mol. The number of carboxylic acid groups (broad SMARTS) is 1. The van der Waals surface area contributed by atoms with E-state index in [0.717, 1.165) is 0 Å². The van der Waals surface area contributed by atoms with Crippen LogP contribution >= 0.6 is 0 Å². The van der Waals surface area contributed by atoms with Gasteiger partial charge >= 0.3 is 5.97 Å². The molecule has 2 heterocycles. The lowest BCUT2D eigenvalue weighted by atomic mass is 9.97. The zero-order valence-electron chi connectivity index (χ0n) is 12.4. The van der Waals surface area contributed by atoms with Crippen molar-refractivity contribution in [3.63, 3.8) is 0 Å². The highest BCUT2D eigenvalue weighted by Crippen LogP contribution is 2.18. The minimum atomic E-state index is -0.769. The molecule has 0 spiro atoms. The summed E-state index contributed by atoms with van der Waals surface area (Å²) in [5, 5.41) is 18.1. The molecule has 2 aliphatic rings. The molecule has 120 valence electrons. The van der Waals surface area contributed by atoms with Gasteiger partial charge in [-0.2, -0.15) is 0 Å². The Kier molecular flexibility index (Phi) is 5.55. The van der Waals surface area contributed by atoms with Crippen molar-refractivity contribution in [1.29, 1.82) is 0 Å². The smallest absolute Gasteiger partial charge is 0.306 e. The van der Waals surface area contributed by atoms with Crippen molar-refractivity contribution in [1.82, 2.24) is 9.80 Å². The van der Waals surface area contributed by atoms with E-state index in [0.29, 0.717) is 45.6 Å². The van der Waals surface area contributed by atoms with Gasteiger partial charge in [0, 0.05) is 25.7 Å². The van der Waals surface area contributed by atoms with E-state index in [1.165, 1.54) is 0 Å². The average molecular weight is 300 g/mol. The second-order valence-corrected chi connectivity index (χ2v) is 5.91. The van der Waals surface area contributed by atoms with Crippen LogP contribution in [0.2, 0.25) is 0 Å². The molecule has 2 unspecified atom stereocenters. The van der Waals surface area contributed by atoms with Gasteiger partial charge in [0.1, 0.15) is 0 Å². The van der Waals surface area contributed by atoms with Crippen LogP contribution in [0.25, 0.3) is 0 Å². The van der Waals surface area contributed by atoms with Crippen LogP contribution in [-0.4, -0.2) is 83.4 Å². The van der Waals surface area contributed by atoms with Gasteiger partial charge in [0.15, 0.2) is 0 Å². The number of amides is 1. The number of rotatable bonds is 4. The summed E-state index contributed by atoms with van der Waals surface area (Å²) in [6.07, 6.45) is 0.824. The van der Waals surface area contributed by atoms with Crippen LogP contribution in [0.4, 0.5) is 0 Å². The zero-order valence-corrected chi connectivity index (χ0v) is 12.4. The first-order valence-corrected chi connectivity index (χ1v) is 7.48. The summed E-state index contributed by atoms with van der Waals surface area (Å²) in [5.74, 6) is -1.06.